The molecule has 0 aromatic heterocycles. The Bertz CT molecular complexity index is 352. The molecule has 1 rings (SSSR count). The number of aryl methyl sites for hydroxylation is 1. The Hall–Kier alpha value is -0.900. The average Bonchev–Trinajstić information content (AvgIpc) is 2.31. The Balaban J connectivity index is 2.68. The summed E-state index contributed by atoms with van der Waals surface area (Å²) in [4.78, 5) is 2.30. The summed E-state index contributed by atoms with van der Waals surface area (Å²) in [6.07, 6.45) is 0. The number of nitrogens with two attached hydrogens (primary N) is 1. The SMILES string of the molecule is COCC(C)N(C)Cc1ccc(CN)cc1C. The summed E-state index contributed by atoms with van der Waals surface area (Å²) >= 11 is 0. The number of nitrogens with zero attached hydrogens (tertiary/aromatic N) is 1. The minimum atomic E-state index is 0.425. The summed E-state index contributed by atoms with van der Waals surface area (Å²) in [6.45, 7) is 6.63. The topological polar surface area (TPSA) is 38.5 Å². The first kappa shape index (κ1) is 14.2. The largest absolute Gasteiger partial charge is 0.383 e. The monoisotopic (exact) mass is 236 g/mol. The standard InChI is InChI=1S/C14H24N2O/c1-11-7-13(8-15)5-6-14(11)9-16(3)12(2)10-17-4/h5-7,12H,8-10,15H2,1-4H3. The fourth-order valence-corrected chi connectivity index (χ4v) is 1.86. The van der Waals surface area contributed by atoms with Crippen LogP contribution in [0.4, 0.5) is 0 Å². The van der Waals surface area contributed by atoms with E-state index in [4.69, 9.17) is 10.5 Å². The lowest BCUT2D eigenvalue weighted by atomic mass is 10.0. The van der Waals surface area contributed by atoms with Gasteiger partial charge in [0, 0.05) is 26.2 Å². The maximum absolute atomic E-state index is 5.63. The second-order valence-electron chi connectivity index (χ2n) is 4.68. The molecule has 0 aliphatic carbocycles. The molecular formula is C14H24N2O. The highest BCUT2D eigenvalue weighted by Crippen LogP contribution is 2.14. The van der Waals surface area contributed by atoms with Crippen molar-refractivity contribution >= 4 is 0 Å². The molecular weight excluding hydrogens is 212 g/mol. The molecule has 1 aromatic rings. The highest BCUT2D eigenvalue weighted by Gasteiger charge is 2.10. The van der Waals surface area contributed by atoms with Gasteiger partial charge in [-0.05, 0) is 37.6 Å². The zero-order valence-electron chi connectivity index (χ0n) is 11.4. The first-order valence-corrected chi connectivity index (χ1v) is 6.06. The maximum atomic E-state index is 5.63. The minimum absolute atomic E-state index is 0.425. The van der Waals surface area contributed by atoms with Gasteiger partial charge in [-0.15, -0.1) is 0 Å². The molecule has 1 atom stereocenters. The van der Waals surface area contributed by atoms with Crippen LogP contribution in [0.2, 0.25) is 0 Å². The Kier molecular flexibility index (Phi) is 5.62. The van der Waals surface area contributed by atoms with Gasteiger partial charge >= 0.3 is 0 Å². The number of rotatable bonds is 6. The van der Waals surface area contributed by atoms with E-state index in [9.17, 15) is 0 Å². The van der Waals surface area contributed by atoms with Gasteiger partial charge in [-0.25, -0.2) is 0 Å². The van der Waals surface area contributed by atoms with Gasteiger partial charge in [-0.1, -0.05) is 18.2 Å². The van der Waals surface area contributed by atoms with Gasteiger partial charge in [0.1, 0.15) is 0 Å². The maximum Gasteiger partial charge on any atom is 0.0615 e. The lowest BCUT2D eigenvalue weighted by Gasteiger charge is -2.24. The average molecular weight is 236 g/mol. The molecule has 96 valence electrons. The normalized spacial score (nSPS) is 13.1. The van der Waals surface area contributed by atoms with Gasteiger partial charge in [-0.2, -0.15) is 0 Å². The summed E-state index contributed by atoms with van der Waals surface area (Å²) in [7, 11) is 3.87. The third-order valence-corrected chi connectivity index (χ3v) is 3.22. The van der Waals surface area contributed by atoms with Crippen LogP contribution < -0.4 is 5.73 Å². The highest BCUT2D eigenvalue weighted by molar-refractivity contribution is 5.30. The molecule has 2 N–H and O–H groups in total. The van der Waals surface area contributed by atoms with E-state index < -0.39 is 0 Å². The smallest absolute Gasteiger partial charge is 0.0615 e. The zero-order chi connectivity index (χ0) is 12.8. The second kappa shape index (κ2) is 6.74. The van der Waals surface area contributed by atoms with Crippen LogP contribution >= 0.6 is 0 Å². The van der Waals surface area contributed by atoms with E-state index >= 15 is 0 Å². The van der Waals surface area contributed by atoms with Crippen LogP contribution in [0, 0.1) is 6.92 Å². The second-order valence-corrected chi connectivity index (χ2v) is 4.68. The molecule has 17 heavy (non-hydrogen) atoms. The molecule has 0 aliphatic rings. The van der Waals surface area contributed by atoms with E-state index in [0.29, 0.717) is 12.6 Å². The third-order valence-electron chi connectivity index (χ3n) is 3.22. The number of ether oxygens (including phenoxy) is 1. The molecule has 0 amide bonds. The first-order valence-electron chi connectivity index (χ1n) is 6.06. The number of likely N-dealkylation sites (N-methyl/N-ethyl adjacent to an activating group) is 1. The molecule has 0 aliphatic heterocycles. The van der Waals surface area contributed by atoms with Crippen molar-refractivity contribution in [1.82, 2.24) is 4.90 Å². The van der Waals surface area contributed by atoms with Crippen molar-refractivity contribution < 1.29 is 4.74 Å². The van der Waals surface area contributed by atoms with Gasteiger partial charge in [0.25, 0.3) is 0 Å². The van der Waals surface area contributed by atoms with Gasteiger partial charge in [-0.3, -0.25) is 4.90 Å². The Labute approximate surface area is 105 Å². The molecule has 0 radical (unpaired) electrons. The summed E-state index contributed by atoms with van der Waals surface area (Å²) in [6, 6.07) is 6.88. The fraction of sp³-hybridized carbons (Fsp3) is 0.571. The predicted molar refractivity (Wildman–Crippen MR) is 71.9 cm³/mol. The van der Waals surface area contributed by atoms with Crippen molar-refractivity contribution in [1.29, 1.82) is 0 Å². The van der Waals surface area contributed by atoms with Crippen molar-refractivity contribution in [2.24, 2.45) is 5.73 Å². The lowest BCUT2D eigenvalue weighted by molar-refractivity contribution is 0.112. The van der Waals surface area contributed by atoms with Crippen molar-refractivity contribution in [3.8, 4) is 0 Å². The van der Waals surface area contributed by atoms with Crippen molar-refractivity contribution in [3.63, 3.8) is 0 Å². The molecule has 1 unspecified atom stereocenters. The molecule has 3 heteroatoms. The first-order chi connectivity index (χ1) is 8.08. The number of methoxy groups -OCH3 is 1. The molecule has 0 saturated carbocycles. The van der Waals surface area contributed by atoms with Gasteiger partial charge < -0.3 is 10.5 Å². The highest BCUT2D eigenvalue weighted by atomic mass is 16.5. The van der Waals surface area contributed by atoms with Crippen molar-refractivity contribution in [2.75, 3.05) is 20.8 Å². The zero-order valence-corrected chi connectivity index (χ0v) is 11.4. The van der Waals surface area contributed by atoms with Crippen LogP contribution in [0.1, 0.15) is 23.6 Å². The molecule has 0 fully saturated rings. The fourth-order valence-electron chi connectivity index (χ4n) is 1.86. The molecule has 3 nitrogen and oxygen atoms in total. The Morgan fingerprint density at radius 1 is 1.41 bits per heavy atom. The van der Waals surface area contributed by atoms with E-state index in [0.717, 1.165) is 13.2 Å². The van der Waals surface area contributed by atoms with Crippen LogP contribution in [0.5, 0.6) is 0 Å². The quantitative estimate of drug-likeness (QED) is 0.820. The van der Waals surface area contributed by atoms with Gasteiger partial charge in [0.15, 0.2) is 0 Å². The van der Waals surface area contributed by atoms with Crippen molar-refractivity contribution in [2.45, 2.75) is 33.0 Å². The predicted octanol–water partition coefficient (Wildman–Crippen LogP) is 1.92. The molecule has 0 spiro atoms. The molecule has 0 heterocycles. The number of benzene rings is 1. The molecule has 0 bridgehead atoms. The van der Waals surface area contributed by atoms with Gasteiger partial charge in [0.05, 0.1) is 6.61 Å². The van der Waals surface area contributed by atoms with E-state index in [1.165, 1.54) is 16.7 Å². The molecule has 0 saturated heterocycles. The van der Waals surface area contributed by atoms with Crippen LogP contribution in [-0.2, 0) is 17.8 Å². The third kappa shape index (κ3) is 4.11. The summed E-state index contributed by atoms with van der Waals surface area (Å²) in [5, 5.41) is 0. The summed E-state index contributed by atoms with van der Waals surface area (Å²) in [5.41, 5.74) is 9.49. The summed E-state index contributed by atoms with van der Waals surface area (Å²) in [5.74, 6) is 0. The Morgan fingerprint density at radius 3 is 2.65 bits per heavy atom. The number of hydrogen-bond acceptors (Lipinski definition) is 3. The van der Waals surface area contributed by atoms with Gasteiger partial charge in [0.2, 0.25) is 0 Å². The number of hydrogen-bond donors (Lipinski definition) is 1. The van der Waals surface area contributed by atoms with Crippen LogP contribution in [0.15, 0.2) is 18.2 Å². The lowest BCUT2D eigenvalue weighted by Crippen LogP contribution is -2.32. The van der Waals surface area contributed by atoms with Crippen LogP contribution in [0.3, 0.4) is 0 Å². The Morgan fingerprint density at radius 2 is 2.12 bits per heavy atom. The van der Waals surface area contributed by atoms with E-state index in [-0.39, 0.29) is 0 Å². The summed E-state index contributed by atoms with van der Waals surface area (Å²) < 4.78 is 5.17. The van der Waals surface area contributed by atoms with Crippen LogP contribution in [-0.4, -0.2) is 31.7 Å². The van der Waals surface area contributed by atoms with E-state index in [2.05, 4.69) is 44.0 Å². The molecule has 1 aromatic carbocycles. The van der Waals surface area contributed by atoms with E-state index in [1.807, 2.05) is 0 Å². The van der Waals surface area contributed by atoms with Crippen molar-refractivity contribution in [3.05, 3.63) is 34.9 Å². The minimum Gasteiger partial charge on any atom is -0.383 e. The van der Waals surface area contributed by atoms with E-state index in [1.54, 1.807) is 7.11 Å². The van der Waals surface area contributed by atoms with Crippen LogP contribution in [0.25, 0.3) is 0 Å².